The van der Waals surface area contributed by atoms with Crippen molar-refractivity contribution in [2.24, 2.45) is 0 Å². The van der Waals surface area contributed by atoms with E-state index in [4.69, 9.17) is 35.0 Å². The van der Waals surface area contributed by atoms with E-state index in [-0.39, 0.29) is 21.1 Å². The summed E-state index contributed by atoms with van der Waals surface area (Å²) < 4.78 is 68.2. The van der Waals surface area contributed by atoms with Gasteiger partial charge in [0.05, 0.1) is 0 Å². The van der Waals surface area contributed by atoms with E-state index in [2.05, 4.69) is 5.32 Å². The Morgan fingerprint density at radius 3 is 0.786 bits per heavy atom. The minimum Gasteiger partial charge on any atom is -0.759 e. The van der Waals surface area contributed by atoms with Crippen molar-refractivity contribution in [3.63, 3.8) is 0 Å². The quantitative estimate of drug-likeness (QED) is 0.312. The molecule has 0 heterocycles. The molecule has 0 amide bonds. The average molecular weight is 432 g/mol. The van der Waals surface area contributed by atoms with Gasteiger partial charge < -0.3 is 23.5 Å². The molecular formula is C2H7NO8PtS2. The first-order chi connectivity index (χ1) is 5.41. The fourth-order valence-corrected chi connectivity index (χ4v) is 0. The van der Waals surface area contributed by atoms with Crippen LogP contribution in [-0.2, 0) is 41.9 Å². The van der Waals surface area contributed by atoms with Crippen molar-refractivity contribution in [1.29, 1.82) is 0 Å². The molecule has 0 aliphatic rings. The van der Waals surface area contributed by atoms with Crippen LogP contribution in [0.3, 0.4) is 0 Å². The van der Waals surface area contributed by atoms with Crippen molar-refractivity contribution in [2.45, 2.75) is 0 Å². The molecule has 0 aromatic rings. The molecule has 90 valence electrons. The average Bonchev–Trinajstić information content (AvgIpc) is 1.52. The van der Waals surface area contributed by atoms with E-state index in [9.17, 15) is 0 Å². The van der Waals surface area contributed by atoms with Crippen LogP contribution in [0.5, 0.6) is 0 Å². The topological polar surface area (TPSA) is 173 Å². The van der Waals surface area contributed by atoms with Crippen molar-refractivity contribution in [3.05, 3.63) is 0 Å². The van der Waals surface area contributed by atoms with Crippen LogP contribution in [0.2, 0.25) is 0 Å². The number of hydrogen-bond acceptors (Lipinski definition) is 9. The molecule has 9 nitrogen and oxygen atoms in total. The molecular weight excluding hydrogens is 425 g/mol. The Morgan fingerprint density at radius 1 is 0.786 bits per heavy atom. The van der Waals surface area contributed by atoms with E-state index in [1.807, 2.05) is 14.1 Å². The molecule has 0 bridgehead atoms. The number of hydrogen-bond donors (Lipinski definition) is 1. The Labute approximate surface area is 96.3 Å². The molecule has 0 spiro atoms. The first-order valence-electron chi connectivity index (χ1n) is 2.33. The second-order valence-electron chi connectivity index (χ2n) is 1.32. The Kier molecular flexibility index (Phi) is 19.6. The minimum atomic E-state index is -5.17. The van der Waals surface area contributed by atoms with Crippen LogP contribution in [-0.4, -0.2) is 49.1 Å². The standard InChI is InChI=1S/C2H7N.2H2O4S.Pt/c1-3-2;2*1-5(2,3)4;/h3H,1-2H3;2*(H2,1,2,3,4);/q;;;+4/p-4. The van der Waals surface area contributed by atoms with Gasteiger partial charge in [-0.2, -0.15) is 0 Å². The van der Waals surface area contributed by atoms with Gasteiger partial charge >= 0.3 is 21.1 Å². The van der Waals surface area contributed by atoms with E-state index in [0.717, 1.165) is 0 Å². The molecule has 0 aliphatic carbocycles. The van der Waals surface area contributed by atoms with Crippen molar-refractivity contribution in [2.75, 3.05) is 14.1 Å². The first-order valence-corrected chi connectivity index (χ1v) is 5.00. The van der Waals surface area contributed by atoms with E-state index in [0.29, 0.717) is 0 Å². The van der Waals surface area contributed by atoms with Crippen LogP contribution in [0.15, 0.2) is 0 Å². The Morgan fingerprint density at radius 2 is 0.786 bits per heavy atom. The summed E-state index contributed by atoms with van der Waals surface area (Å²) in [7, 11) is -6.58. The Bertz CT molecular complexity index is 234. The van der Waals surface area contributed by atoms with Gasteiger partial charge in [-0.3, -0.25) is 16.8 Å². The molecule has 0 aliphatic heterocycles. The van der Waals surface area contributed by atoms with Crippen molar-refractivity contribution < 1.29 is 56.1 Å². The van der Waals surface area contributed by atoms with Gasteiger partial charge in [0.25, 0.3) is 0 Å². The van der Waals surface area contributed by atoms with Gasteiger partial charge in [-0.15, -0.1) is 0 Å². The smallest absolute Gasteiger partial charge is 0.759 e. The second-order valence-corrected chi connectivity index (χ2v) is 2.95. The summed E-state index contributed by atoms with van der Waals surface area (Å²) in [5, 5.41) is 2.75. The van der Waals surface area contributed by atoms with Crippen molar-refractivity contribution >= 4 is 20.8 Å². The third kappa shape index (κ3) is 10700. The van der Waals surface area contributed by atoms with Crippen LogP contribution >= 0.6 is 0 Å². The molecule has 0 radical (unpaired) electrons. The predicted molar refractivity (Wildman–Crippen MR) is 35.9 cm³/mol. The maximum Gasteiger partial charge on any atom is 4.00 e. The molecule has 0 fully saturated rings. The summed E-state index contributed by atoms with van der Waals surface area (Å²) in [6, 6.07) is 0. The van der Waals surface area contributed by atoms with Gasteiger partial charge in [-0.05, 0) is 14.1 Å². The summed E-state index contributed by atoms with van der Waals surface area (Å²) in [6.07, 6.45) is 0. The number of rotatable bonds is 0. The van der Waals surface area contributed by atoms with Crippen LogP contribution in [0.1, 0.15) is 0 Å². The molecule has 0 saturated heterocycles. The van der Waals surface area contributed by atoms with E-state index in [1.165, 1.54) is 0 Å². The van der Waals surface area contributed by atoms with Crippen LogP contribution in [0, 0.1) is 0 Å². The van der Waals surface area contributed by atoms with Gasteiger partial charge in [-0.1, -0.05) is 0 Å². The summed E-state index contributed by atoms with van der Waals surface area (Å²) in [4.78, 5) is 0. The van der Waals surface area contributed by atoms with E-state index < -0.39 is 20.8 Å². The minimum absolute atomic E-state index is 0. The van der Waals surface area contributed by atoms with Gasteiger partial charge in [0.1, 0.15) is 0 Å². The van der Waals surface area contributed by atoms with Gasteiger partial charge in [-0.25, -0.2) is 0 Å². The molecule has 0 rings (SSSR count). The normalized spacial score (nSPS) is 9.57. The summed E-state index contributed by atoms with van der Waals surface area (Å²) in [6.45, 7) is 0. The second kappa shape index (κ2) is 11.5. The maximum atomic E-state index is 8.52. The zero-order valence-electron chi connectivity index (χ0n) is 6.90. The van der Waals surface area contributed by atoms with Crippen LogP contribution in [0.4, 0.5) is 0 Å². The van der Waals surface area contributed by atoms with Gasteiger partial charge in [0, 0.05) is 20.8 Å². The van der Waals surface area contributed by atoms with E-state index >= 15 is 0 Å². The van der Waals surface area contributed by atoms with Crippen molar-refractivity contribution in [1.82, 2.24) is 5.32 Å². The monoisotopic (exact) mass is 432 g/mol. The SMILES string of the molecule is CNC.O=S(=O)([O-])[O-].O=S(=O)([O-])[O-].[Pt+4]. The number of nitrogens with one attached hydrogen (secondary N) is 1. The molecule has 0 aromatic heterocycles. The zero-order chi connectivity index (χ0) is 11.7. The Balaban J connectivity index is -0.0000000535. The summed E-state index contributed by atoms with van der Waals surface area (Å²) in [5.41, 5.74) is 0. The van der Waals surface area contributed by atoms with Crippen molar-refractivity contribution in [3.8, 4) is 0 Å². The summed E-state index contributed by atoms with van der Waals surface area (Å²) in [5.74, 6) is 0. The van der Waals surface area contributed by atoms with E-state index in [1.54, 1.807) is 0 Å². The Hall–Kier alpha value is 0.388. The largest absolute Gasteiger partial charge is 4.00 e. The first kappa shape index (κ1) is 23.9. The molecule has 0 saturated carbocycles. The zero-order valence-corrected chi connectivity index (χ0v) is 10.8. The maximum absolute atomic E-state index is 8.52. The molecule has 0 atom stereocenters. The van der Waals surface area contributed by atoms with Crippen LogP contribution in [0.25, 0.3) is 0 Å². The fourth-order valence-electron chi connectivity index (χ4n) is 0. The molecule has 0 unspecified atom stereocenters. The molecule has 14 heavy (non-hydrogen) atoms. The predicted octanol–water partition coefficient (Wildman–Crippen LogP) is -2.84. The van der Waals surface area contributed by atoms with Gasteiger partial charge in [0.2, 0.25) is 0 Å². The molecule has 12 heteroatoms. The third-order valence-electron chi connectivity index (χ3n) is 0. The molecule has 0 aromatic carbocycles. The van der Waals surface area contributed by atoms with Crippen LogP contribution < -0.4 is 5.32 Å². The fraction of sp³-hybridized carbons (Fsp3) is 1.00. The third-order valence-corrected chi connectivity index (χ3v) is 0. The van der Waals surface area contributed by atoms with Gasteiger partial charge in [0.15, 0.2) is 0 Å². The summed E-state index contributed by atoms with van der Waals surface area (Å²) >= 11 is 0. The molecule has 1 N–H and O–H groups in total.